The number of imidazole rings is 1. The van der Waals surface area contributed by atoms with Crippen molar-refractivity contribution in [1.29, 1.82) is 0 Å². The molecule has 0 aliphatic carbocycles. The molecular formula is C16H12F3N5S. The number of rotatable bonds is 2. The average molecular weight is 363 g/mol. The van der Waals surface area contributed by atoms with E-state index in [9.17, 15) is 13.2 Å². The maximum atomic E-state index is 12.5. The van der Waals surface area contributed by atoms with Crippen LogP contribution in [0.3, 0.4) is 0 Å². The molecule has 3 aromatic rings. The largest absolute Gasteiger partial charge is 0.446 e. The Kier molecular flexibility index (Phi) is 3.60. The number of thioether (sulfide) groups is 1. The van der Waals surface area contributed by atoms with Crippen molar-refractivity contribution >= 4 is 34.7 Å². The summed E-state index contributed by atoms with van der Waals surface area (Å²) < 4.78 is 39.3. The van der Waals surface area contributed by atoms with E-state index < -0.39 is 11.7 Å². The summed E-state index contributed by atoms with van der Waals surface area (Å²) in [6.45, 7) is 0. The third kappa shape index (κ3) is 3.02. The van der Waals surface area contributed by atoms with Gasteiger partial charge in [-0.1, -0.05) is 24.3 Å². The number of anilines is 1. The summed E-state index contributed by atoms with van der Waals surface area (Å²) in [5.41, 5.74) is 3.90. The van der Waals surface area contributed by atoms with Crippen molar-refractivity contribution in [3.8, 4) is 0 Å². The number of hydrogen-bond donors (Lipinski definition) is 2. The van der Waals surface area contributed by atoms with Gasteiger partial charge in [-0.15, -0.1) is 0 Å². The summed E-state index contributed by atoms with van der Waals surface area (Å²) in [6.07, 6.45) is -0.492. The molecule has 9 heteroatoms. The molecule has 0 amide bonds. The van der Waals surface area contributed by atoms with Crippen LogP contribution in [0, 0.1) is 0 Å². The molecule has 0 bridgehead atoms. The first-order chi connectivity index (χ1) is 11.9. The highest BCUT2D eigenvalue weighted by molar-refractivity contribution is 8.00. The smallest absolute Gasteiger partial charge is 0.370 e. The Morgan fingerprint density at radius 1 is 1.08 bits per heavy atom. The molecule has 1 aliphatic rings. The maximum Gasteiger partial charge on any atom is 0.446 e. The van der Waals surface area contributed by atoms with Gasteiger partial charge in [-0.3, -0.25) is 9.88 Å². The van der Waals surface area contributed by atoms with E-state index in [-0.39, 0.29) is 22.6 Å². The third-order valence-electron chi connectivity index (χ3n) is 3.75. The van der Waals surface area contributed by atoms with E-state index in [4.69, 9.17) is 5.73 Å². The Labute approximate surface area is 144 Å². The first-order valence-electron chi connectivity index (χ1n) is 7.34. The molecule has 1 atom stereocenters. The molecule has 1 unspecified atom stereocenters. The van der Waals surface area contributed by atoms with Crippen LogP contribution in [0.25, 0.3) is 11.0 Å². The van der Waals surface area contributed by atoms with Crippen molar-refractivity contribution in [2.45, 2.75) is 16.6 Å². The van der Waals surface area contributed by atoms with Crippen LogP contribution >= 0.6 is 11.8 Å². The van der Waals surface area contributed by atoms with Gasteiger partial charge in [0.15, 0.2) is 12.1 Å². The fraction of sp³-hybridized carbons (Fsp3) is 0.125. The molecule has 3 N–H and O–H groups in total. The topological polar surface area (TPSA) is 68.2 Å². The lowest BCUT2D eigenvalue weighted by Gasteiger charge is -2.24. The molecule has 1 aromatic heterocycles. The standard InChI is InChI=1S/C16H12F3N5S/c17-16(18,19)25-10-7-5-9(6-8-10)13-22-14(20)23-15-21-11-3-1-2-4-12(11)24(13)15/h1-8,13H,(H3,20,21,22,23). The summed E-state index contributed by atoms with van der Waals surface area (Å²) in [6, 6.07) is 13.7. The molecule has 4 rings (SSSR count). The van der Waals surface area contributed by atoms with E-state index in [1.54, 1.807) is 12.1 Å². The zero-order valence-corrected chi connectivity index (χ0v) is 13.5. The summed E-state index contributed by atoms with van der Waals surface area (Å²) in [5, 5.41) is 2.92. The molecule has 0 radical (unpaired) electrons. The number of hydrogen-bond acceptors (Lipinski definition) is 5. The fourth-order valence-electron chi connectivity index (χ4n) is 2.78. The quantitative estimate of drug-likeness (QED) is 0.677. The second kappa shape index (κ2) is 5.69. The minimum absolute atomic E-state index is 0.123. The van der Waals surface area contributed by atoms with Gasteiger partial charge in [0.1, 0.15) is 0 Å². The molecular weight excluding hydrogens is 351 g/mol. The molecule has 0 spiro atoms. The fourth-order valence-corrected chi connectivity index (χ4v) is 3.32. The Bertz CT molecular complexity index is 962. The van der Waals surface area contributed by atoms with E-state index in [0.717, 1.165) is 16.6 Å². The van der Waals surface area contributed by atoms with E-state index >= 15 is 0 Å². The first-order valence-corrected chi connectivity index (χ1v) is 8.15. The van der Waals surface area contributed by atoms with Crippen molar-refractivity contribution in [2.24, 2.45) is 10.7 Å². The average Bonchev–Trinajstić information content (AvgIpc) is 2.91. The van der Waals surface area contributed by atoms with Crippen LogP contribution in [0.1, 0.15) is 11.7 Å². The number of fused-ring (bicyclic) bond motifs is 3. The van der Waals surface area contributed by atoms with E-state index in [0.29, 0.717) is 5.95 Å². The second-order valence-corrected chi connectivity index (χ2v) is 6.56. The van der Waals surface area contributed by atoms with Crippen LogP contribution in [0.4, 0.5) is 19.1 Å². The number of aliphatic imine (C=N–C) groups is 1. The first kappa shape index (κ1) is 15.8. The number of nitrogens with zero attached hydrogens (tertiary/aromatic N) is 3. The highest BCUT2D eigenvalue weighted by Gasteiger charge is 2.30. The molecule has 2 aromatic carbocycles. The number of guanidine groups is 1. The molecule has 0 saturated heterocycles. The van der Waals surface area contributed by atoms with Gasteiger partial charge in [0.25, 0.3) is 0 Å². The predicted molar refractivity (Wildman–Crippen MR) is 91.5 cm³/mol. The highest BCUT2D eigenvalue weighted by Crippen LogP contribution is 2.38. The molecule has 0 fully saturated rings. The van der Waals surface area contributed by atoms with E-state index in [2.05, 4.69) is 15.3 Å². The van der Waals surface area contributed by atoms with Crippen LogP contribution in [-0.4, -0.2) is 21.0 Å². The van der Waals surface area contributed by atoms with Crippen LogP contribution in [0.5, 0.6) is 0 Å². The van der Waals surface area contributed by atoms with Crippen LogP contribution in [-0.2, 0) is 0 Å². The number of nitrogens with two attached hydrogens (primary N) is 1. The van der Waals surface area contributed by atoms with Crippen LogP contribution in [0.15, 0.2) is 58.4 Å². The molecule has 2 heterocycles. The molecule has 1 aliphatic heterocycles. The van der Waals surface area contributed by atoms with Gasteiger partial charge in [-0.2, -0.15) is 13.2 Å². The zero-order valence-electron chi connectivity index (χ0n) is 12.7. The zero-order chi connectivity index (χ0) is 17.6. The predicted octanol–water partition coefficient (Wildman–Crippen LogP) is 3.94. The SMILES string of the molecule is NC1=NC(c2ccc(SC(F)(F)F)cc2)n2c(nc3ccccc32)N1. The van der Waals surface area contributed by atoms with E-state index in [1.807, 2.05) is 28.8 Å². The second-order valence-electron chi connectivity index (χ2n) is 5.42. The Morgan fingerprint density at radius 3 is 2.52 bits per heavy atom. The number of nitrogens with one attached hydrogen (secondary N) is 1. The molecule has 25 heavy (non-hydrogen) atoms. The maximum absolute atomic E-state index is 12.5. The number of para-hydroxylation sites is 2. The van der Waals surface area contributed by atoms with Gasteiger partial charge in [0.2, 0.25) is 5.95 Å². The normalized spacial score (nSPS) is 17.1. The van der Waals surface area contributed by atoms with Crippen molar-refractivity contribution in [2.75, 3.05) is 5.32 Å². The third-order valence-corrected chi connectivity index (χ3v) is 4.49. The van der Waals surface area contributed by atoms with Gasteiger partial charge >= 0.3 is 5.51 Å². The highest BCUT2D eigenvalue weighted by atomic mass is 32.2. The summed E-state index contributed by atoms with van der Waals surface area (Å²) in [7, 11) is 0. The lowest BCUT2D eigenvalue weighted by molar-refractivity contribution is -0.0328. The Balaban J connectivity index is 1.76. The molecule has 0 saturated carbocycles. The number of alkyl halides is 3. The Hall–Kier alpha value is -2.68. The lowest BCUT2D eigenvalue weighted by atomic mass is 10.1. The minimum Gasteiger partial charge on any atom is -0.370 e. The van der Waals surface area contributed by atoms with Crippen molar-refractivity contribution < 1.29 is 13.2 Å². The van der Waals surface area contributed by atoms with Crippen molar-refractivity contribution in [3.63, 3.8) is 0 Å². The van der Waals surface area contributed by atoms with E-state index in [1.165, 1.54) is 12.1 Å². The van der Waals surface area contributed by atoms with Crippen molar-refractivity contribution in [1.82, 2.24) is 9.55 Å². The van der Waals surface area contributed by atoms with Crippen molar-refractivity contribution in [3.05, 3.63) is 54.1 Å². The van der Waals surface area contributed by atoms with Gasteiger partial charge < -0.3 is 5.73 Å². The summed E-state index contributed by atoms with van der Waals surface area (Å²) in [4.78, 5) is 9.00. The molecule has 5 nitrogen and oxygen atoms in total. The number of aromatic nitrogens is 2. The minimum atomic E-state index is -4.31. The van der Waals surface area contributed by atoms with Gasteiger partial charge in [-0.25, -0.2) is 9.98 Å². The number of benzene rings is 2. The number of halogens is 3. The van der Waals surface area contributed by atoms with Gasteiger partial charge in [0.05, 0.1) is 11.0 Å². The monoisotopic (exact) mass is 363 g/mol. The van der Waals surface area contributed by atoms with Crippen LogP contribution in [0.2, 0.25) is 0 Å². The van der Waals surface area contributed by atoms with Gasteiger partial charge in [0, 0.05) is 4.90 Å². The lowest BCUT2D eigenvalue weighted by Crippen LogP contribution is -2.31. The summed E-state index contributed by atoms with van der Waals surface area (Å²) >= 11 is -0.146. The van der Waals surface area contributed by atoms with Crippen LogP contribution < -0.4 is 11.1 Å². The molecule has 128 valence electrons. The Morgan fingerprint density at radius 2 is 1.80 bits per heavy atom. The summed E-state index contributed by atoms with van der Waals surface area (Å²) in [5.74, 6) is 0.758. The van der Waals surface area contributed by atoms with Gasteiger partial charge in [-0.05, 0) is 41.6 Å².